The standard InChI is InChI=1S/C21H24ClNO3/c1-4-5-9-18(21(25)26)23(19-14(2)7-6-8-15(19)3)20(24)16-10-12-17(22)13-11-16/h6-8,10-13,18H,4-5,9H2,1-3H3,(H,25,26)/t18-/m0/s1. The van der Waals surface area contributed by atoms with E-state index < -0.39 is 12.0 Å². The van der Waals surface area contributed by atoms with Crippen molar-refractivity contribution in [3.05, 3.63) is 64.2 Å². The van der Waals surface area contributed by atoms with Crippen LogP contribution in [-0.4, -0.2) is 23.0 Å². The van der Waals surface area contributed by atoms with Gasteiger partial charge in [-0.15, -0.1) is 0 Å². The van der Waals surface area contributed by atoms with E-state index in [0.29, 0.717) is 22.7 Å². The van der Waals surface area contributed by atoms with E-state index in [4.69, 9.17) is 11.6 Å². The van der Waals surface area contributed by atoms with Crippen molar-refractivity contribution in [1.29, 1.82) is 0 Å². The van der Waals surface area contributed by atoms with Gasteiger partial charge in [0, 0.05) is 10.6 Å². The summed E-state index contributed by atoms with van der Waals surface area (Å²) in [6, 6.07) is 11.3. The maximum atomic E-state index is 13.3. The Morgan fingerprint density at radius 1 is 1.08 bits per heavy atom. The molecule has 0 aliphatic heterocycles. The van der Waals surface area contributed by atoms with Crippen LogP contribution in [0.1, 0.15) is 47.7 Å². The molecule has 0 unspecified atom stereocenters. The molecule has 2 rings (SSSR count). The number of benzene rings is 2. The number of hydrogen-bond donors (Lipinski definition) is 1. The summed E-state index contributed by atoms with van der Waals surface area (Å²) in [4.78, 5) is 26.7. The summed E-state index contributed by atoms with van der Waals surface area (Å²) in [5.41, 5.74) is 2.82. The SMILES string of the molecule is CCCC[C@@H](C(=O)O)N(C(=O)c1ccc(Cl)cc1)c1c(C)cccc1C. The molecule has 26 heavy (non-hydrogen) atoms. The van der Waals surface area contributed by atoms with Gasteiger partial charge in [0.1, 0.15) is 6.04 Å². The number of rotatable bonds is 7. The van der Waals surface area contributed by atoms with Crippen molar-refractivity contribution in [2.45, 2.75) is 46.1 Å². The summed E-state index contributed by atoms with van der Waals surface area (Å²) >= 11 is 5.93. The van der Waals surface area contributed by atoms with Crippen LogP contribution in [0.2, 0.25) is 5.02 Å². The Morgan fingerprint density at radius 3 is 2.15 bits per heavy atom. The molecular formula is C21H24ClNO3. The molecular weight excluding hydrogens is 350 g/mol. The first-order valence-corrected chi connectivity index (χ1v) is 9.12. The van der Waals surface area contributed by atoms with E-state index >= 15 is 0 Å². The number of carboxylic acids is 1. The second-order valence-electron chi connectivity index (χ2n) is 6.42. The molecule has 1 atom stereocenters. The van der Waals surface area contributed by atoms with Crippen LogP contribution in [0.15, 0.2) is 42.5 Å². The van der Waals surface area contributed by atoms with Crippen LogP contribution in [0, 0.1) is 13.8 Å². The molecule has 0 spiro atoms. The molecule has 2 aromatic rings. The van der Waals surface area contributed by atoms with Crippen molar-refractivity contribution in [3.63, 3.8) is 0 Å². The highest BCUT2D eigenvalue weighted by Gasteiger charge is 2.33. The number of aryl methyl sites for hydroxylation is 2. The average molecular weight is 374 g/mol. The van der Waals surface area contributed by atoms with E-state index in [9.17, 15) is 14.7 Å². The molecule has 138 valence electrons. The summed E-state index contributed by atoms with van der Waals surface area (Å²) in [6.07, 6.45) is 1.99. The molecule has 5 heteroatoms. The molecule has 1 N–H and O–H groups in total. The number of para-hydroxylation sites is 1. The number of anilines is 1. The summed E-state index contributed by atoms with van der Waals surface area (Å²) in [5.74, 6) is -1.33. The van der Waals surface area contributed by atoms with Gasteiger partial charge in [-0.3, -0.25) is 9.69 Å². The number of carbonyl (C=O) groups is 2. The van der Waals surface area contributed by atoms with Crippen molar-refractivity contribution in [1.82, 2.24) is 0 Å². The number of unbranched alkanes of at least 4 members (excludes halogenated alkanes) is 1. The first kappa shape index (κ1) is 20.0. The summed E-state index contributed by atoms with van der Waals surface area (Å²) < 4.78 is 0. The van der Waals surface area contributed by atoms with Gasteiger partial charge < -0.3 is 5.11 Å². The monoisotopic (exact) mass is 373 g/mol. The fourth-order valence-corrected chi connectivity index (χ4v) is 3.20. The van der Waals surface area contributed by atoms with E-state index in [1.807, 2.05) is 39.0 Å². The number of aliphatic carboxylic acids is 1. The van der Waals surface area contributed by atoms with E-state index in [1.54, 1.807) is 24.3 Å². The Balaban J connectivity index is 2.58. The minimum atomic E-state index is -0.997. The molecule has 4 nitrogen and oxygen atoms in total. The number of halogens is 1. The Bertz CT molecular complexity index is 766. The minimum Gasteiger partial charge on any atom is -0.480 e. The molecule has 2 aromatic carbocycles. The lowest BCUT2D eigenvalue weighted by atomic mass is 10.0. The molecule has 0 radical (unpaired) electrons. The second-order valence-corrected chi connectivity index (χ2v) is 6.86. The summed E-state index contributed by atoms with van der Waals surface area (Å²) in [5, 5.41) is 10.4. The topological polar surface area (TPSA) is 57.6 Å². The van der Waals surface area contributed by atoms with E-state index in [1.165, 1.54) is 4.90 Å². The Morgan fingerprint density at radius 2 is 1.65 bits per heavy atom. The molecule has 0 aliphatic carbocycles. The number of carbonyl (C=O) groups excluding carboxylic acids is 1. The van der Waals surface area contributed by atoms with E-state index in [0.717, 1.165) is 24.0 Å². The van der Waals surface area contributed by atoms with Crippen LogP contribution in [0.25, 0.3) is 0 Å². The second kappa shape index (κ2) is 8.86. The number of hydrogen-bond acceptors (Lipinski definition) is 2. The van der Waals surface area contributed by atoms with Gasteiger partial charge in [0.25, 0.3) is 5.91 Å². The van der Waals surface area contributed by atoms with Crippen molar-refractivity contribution in [3.8, 4) is 0 Å². The highest BCUT2D eigenvalue weighted by molar-refractivity contribution is 6.30. The molecule has 0 saturated carbocycles. The number of carboxylic acid groups (broad SMARTS) is 1. The Kier molecular flexibility index (Phi) is 6.81. The van der Waals surface area contributed by atoms with E-state index in [-0.39, 0.29) is 5.91 Å². The van der Waals surface area contributed by atoms with Gasteiger partial charge in [-0.1, -0.05) is 49.6 Å². The zero-order valence-electron chi connectivity index (χ0n) is 15.3. The zero-order chi connectivity index (χ0) is 19.3. The lowest BCUT2D eigenvalue weighted by molar-refractivity contribution is -0.138. The smallest absolute Gasteiger partial charge is 0.326 e. The molecule has 0 aromatic heterocycles. The van der Waals surface area contributed by atoms with Crippen molar-refractivity contribution < 1.29 is 14.7 Å². The minimum absolute atomic E-state index is 0.331. The highest BCUT2D eigenvalue weighted by atomic mass is 35.5. The van der Waals surface area contributed by atoms with Gasteiger partial charge in [0.2, 0.25) is 0 Å². The third-order valence-electron chi connectivity index (χ3n) is 4.42. The first-order chi connectivity index (χ1) is 12.4. The normalized spacial score (nSPS) is 11.8. The number of amides is 1. The highest BCUT2D eigenvalue weighted by Crippen LogP contribution is 2.30. The Labute approximate surface area is 159 Å². The fraction of sp³-hybridized carbons (Fsp3) is 0.333. The fourth-order valence-electron chi connectivity index (χ4n) is 3.08. The van der Waals surface area contributed by atoms with Gasteiger partial charge >= 0.3 is 5.97 Å². The van der Waals surface area contributed by atoms with Gasteiger partial charge in [0.15, 0.2) is 0 Å². The van der Waals surface area contributed by atoms with Gasteiger partial charge in [-0.25, -0.2) is 4.79 Å². The van der Waals surface area contributed by atoms with Crippen LogP contribution in [0.3, 0.4) is 0 Å². The van der Waals surface area contributed by atoms with E-state index in [2.05, 4.69) is 0 Å². The molecule has 0 heterocycles. The largest absolute Gasteiger partial charge is 0.480 e. The van der Waals surface area contributed by atoms with Gasteiger partial charge in [0.05, 0.1) is 5.69 Å². The zero-order valence-corrected chi connectivity index (χ0v) is 16.1. The van der Waals surface area contributed by atoms with Crippen LogP contribution in [0.4, 0.5) is 5.69 Å². The van der Waals surface area contributed by atoms with Crippen LogP contribution in [0.5, 0.6) is 0 Å². The van der Waals surface area contributed by atoms with Crippen LogP contribution in [-0.2, 0) is 4.79 Å². The van der Waals surface area contributed by atoms with Crippen molar-refractivity contribution in [2.75, 3.05) is 4.90 Å². The third-order valence-corrected chi connectivity index (χ3v) is 4.67. The molecule has 0 fully saturated rings. The van der Waals surface area contributed by atoms with Gasteiger partial charge in [-0.2, -0.15) is 0 Å². The molecule has 1 amide bonds. The maximum absolute atomic E-state index is 13.3. The predicted octanol–water partition coefficient (Wildman–Crippen LogP) is 5.25. The number of nitrogens with zero attached hydrogens (tertiary/aromatic N) is 1. The van der Waals surface area contributed by atoms with Crippen molar-refractivity contribution >= 4 is 29.2 Å². The summed E-state index contributed by atoms with van der Waals surface area (Å²) in [7, 11) is 0. The Hall–Kier alpha value is -2.33. The average Bonchev–Trinajstić information content (AvgIpc) is 2.60. The van der Waals surface area contributed by atoms with Gasteiger partial charge in [-0.05, 0) is 55.7 Å². The first-order valence-electron chi connectivity index (χ1n) is 8.75. The quantitative estimate of drug-likeness (QED) is 0.721. The lowest BCUT2D eigenvalue weighted by Crippen LogP contribution is -2.46. The molecule has 0 saturated heterocycles. The lowest BCUT2D eigenvalue weighted by Gasteiger charge is -2.32. The summed E-state index contributed by atoms with van der Waals surface area (Å²) in [6.45, 7) is 5.79. The van der Waals surface area contributed by atoms with Crippen LogP contribution >= 0.6 is 11.6 Å². The molecule has 0 bridgehead atoms. The maximum Gasteiger partial charge on any atom is 0.326 e. The third kappa shape index (κ3) is 4.44. The molecule has 0 aliphatic rings. The predicted molar refractivity (Wildman–Crippen MR) is 105 cm³/mol. The van der Waals surface area contributed by atoms with Crippen LogP contribution < -0.4 is 4.90 Å². The van der Waals surface area contributed by atoms with Crippen molar-refractivity contribution in [2.24, 2.45) is 0 Å².